The van der Waals surface area contributed by atoms with Crippen molar-refractivity contribution in [3.8, 4) is 11.5 Å². The molecular weight excluding hydrogens is 297 g/mol. The van der Waals surface area contributed by atoms with Crippen LogP contribution in [0.25, 0.3) is 0 Å². The summed E-state index contributed by atoms with van der Waals surface area (Å²) in [6.45, 7) is 0.569. The Hall–Kier alpha value is -1.58. The second kappa shape index (κ2) is 6.73. The highest BCUT2D eigenvalue weighted by Gasteiger charge is 2.12. The molecule has 0 fully saturated rings. The van der Waals surface area contributed by atoms with Crippen molar-refractivity contribution in [3.05, 3.63) is 52.0 Å². The number of nitrogens with one attached hydrogen (secondary N) is 1. The number of rotatable bonds is 5. The molecule has 20 heavy (non-hydrogen) atoms. The van der Waals surface area contributed by atoms with Crippen LogP contribution in [0.1, 0.15) is 5.56 Å². The molecule has 0 saturated heterocycles. The zero-order valence-corrected chi connectivity index (χ0v) is 12.8. The van der Waals surface area contributed by atoms with Gasteiger partial charge in [0.05, 0.1) is 19.2 Å². The Balaban J connectivity index is 2.18. The van der Waals surface area contributed by atoms with Gasteiger partial charge in [0.2, 0.25) is 0 Å². The van der Waals surface area contributed by atoms with Crippen LogP contribution in [-0.2, 0) is 6.54 Å². The Morgan fingerprint density at radius 1 is 1.05 bits per heavy atom. The van der Waals surface area contributed by atoms with Crippen molar-refractivity contribution >= 4 is 28.9 Å². The van der Waals surface area contributed by atoms with Crippen LogP contribution in [0.15, 0.2) is 36.4 Å². The zero-order valence-electron chi connectivity index (χ0n) is 11.2. The summed E-state index contributed by atoms with van der Waals surface area (Å²) in [5, 5.41) is 4.50. The molecule has 0 aromatic heterocycles. The minimum atomic E-state index is 0.541. The molecule has 0 aliphatic carbocycles. The number of hydrogen-bond acceptors (Lipinski definition) is 3. The second-order valence-corrected chi connectivity index (χ2v) is 4.95. The lowest BCUT2D eigenvalue weighted by Gasteiger charge is -2.14. The molecule has 0 aliphatic rings. The Labute approximate surface area is 128 Å². The highest BCUT2D eigenvalue weighted by molar-refractivity contribution is 6.33. The van der Waals surface area contributed by atoms with Gasteiger partial charge in [-0.15, -0.1) is 0 Å². The number of anilines is 1. The van der Waals surface area contributed by atoms with Gasteiger partial charge in [-0.1, -0.05) is 35.3 Å². The Bertz CT molecular complexity index is 602. The first-order valence-electron chi connectivity index (χ1n) is 6.04. The average molecular weight is 312 g/mol. The fourth-order valence-electron chi connectivity index (χ4n) is 1.86. The largest absolute Gasteiger partial charge is 0.493 e. The van der Waals surface area contributed by atoms with E-state index < -0.39 is 0 Å². The maximum atomic E-state index is 6.32. The average Bonchev–Trinajstić information content (AvgIpc) is 2.45. The molecule has 0 radical (unpaired) electrons. The smallest absolute Gasteiger partial charge is 0.179 e. The zero-order chi connectivity index (χ0) is 14.5. The Morgan fingerprint density at radius 2 is 1.85 bits per heavy atom. The highest BCUT2D eigenvalue weighted by Crippen LogP contribution is 2.37. The van der Waals surface area contributed by atoms with Crippen LogP contribution in [0.2, 0.25) is 10.0 Å². The van der Waals surface area contributed by atoms with Crippen molar-refractivity contribution in [2.24, 2.45) is 0 Å². The molecule has 0 bridgehead atoms. The lowest BCUT2D eigenvalue weighted by atomic mass is 10.2. The van der Waals surface area contributed by atoms with E-state index in [1.54, 1.807) is 14.2 Å². The number of halogens is 2. The highest BCUT2D eigenvalue weighted by atomic mass is 35.5. The molecule has 3 nitrogen and oxygen atoms in total. The summed E-state index contributed by atoms with van der Waals surface area (Å²) in [4.78, 5) is 0. The van der Waals surface area contributed by atoms with Crippen LogP contribution in [-0.4, -0.2) is 14.2 Å². The summed E-state index contributed by atoms with van der Waals surface area (Å²) in [6.07, 6.45) is 0. The molecule has 2 aromatic rings. The van der Waals surface area contributed by atoms with Crippen LogP contribution in [0, 0.1) is 0 Å². The molecular formula is C15H15Cl2NO2. The number of hydrogen-bond donors (Lipinski definition) is 1. The van der Waals surface area contributed by atoms with Crippen molar-refractivity contribution in [1.82, 2.24) is 0 Å². The van der Waals surface area contributed by atoms with Crippen LogP contribution in [0.3, 0.4) is 0 Å². The third-order valence-corrected chi connectivity index (χ3v) is 3.52. The van der Waals surface area contributed by atoms with E-state index in [1.165, 1.54) is 0 Å². The first kappa shape index (κ1) is 14.8. The van der Waals surface area contributed by atoms with Gasteiger partial charge in [-0.2, -0.15) is 0 Å². The standard InChI is InChI=1S/C15H15Cl2NO2/c1-19-13-7-6-10(14(17)15(13)20-2)9-18-12-5-3-4-11(16)8-12/h3-8,18H,9H2,1-2H3. The molecule has 2 aromatic carbocycles. The molecule has 0 saturated carbocycles. The van der Waals surface area contributed by atoms with Crippen molar-refractivity contribution in [3.63, 3.8) is 0 Å². The summed E-state index contributed by atoms with van der Waals surface area (Å²) < 4.78 is 10.5. The van der Waals surface area contributed by atoms with Crippen molar-refractivity contribution < 1.29 is 9.47 Å². The minimum absolute atomic E-state index is 0.541. The molecule has 0 heterocycles. The van der Waals surface area contributed by atoms with E-state index in [-0.39, 0.29) is 0 Å². The molecule has 2 rings (SSSR count). The molecule has 1 N–H and O–H groups in total. The molecule has 0 amide bonds. The van der Waals surface area contributed by atoms with Gasteiger partial charge in [-0.3, -0.25) is 0 Å². The monoisotopic (exact) mass is 311 g/mol. The van der Waals surface area contributed by atoms with Crippen molar-refractivity contribution in [2.45, 2.75) is 6.54 Å². The fraction of sp³-hybridized carbons (Fsp3) is 0.200. The van der Waals surface area contributed by atoms with E-state index in [0.29, 0.717) is 28.1 Å². The molecule has 0 unspecified atom stereocenters. The van der Waals surface area contributed by atoms with Gasteiger partial charge in [0, 0.05) is 17.3 Å². The Kier molecular flexibility index (Phi) is 4.99. The predicted molar refractivity (Wildman–Crippen MR) is 83.3 cm³/mol. The van der Waals surface area contributed by atoms with E-state index in [2.05, 4.69) is 5.32 Å². The van der Waals surface area contributed by atoms with Gasteiger partial charge in [0.1, 0.15) is 0 Å². The van der Waals surface area contributed by atoms with Crippen LogP contribution in [0.5, 0.6) is 11.5 Å². The van der Waals surface area contributed by atoms with Gasteiger partial charge in [0.15, 0.2) is 11.5 Å². The first-order chi connectivity index (χ1) is 9.65. The van der Waals surface area contributed by atoms with Crippen LogP contribution < -0.4 is 14.8 Å². The van der Waals surface area contributed by atoms with Gasteiger partial charge in [-0.25, -0.2) is 0 Å². The summed E-state index contributed by atoms with van der Waals surface area (Å²) in [6, 6.07) is 11.3. The maximum absolute atomic E-state index is 6.32. The van der Waals surface area contributed by atoms with E-state index in [1.807, 2.05) is 36.4 Å². The SMILES string of the molecule is COc1ccc(CNc2cccc(Cl)c2)c(Cl)c1OC. The molecule has 0 aliphatic heterocycles. The molecule has 0 spiro atoms. The summed E-state index contributed by atoms with van der Waals surface area (Å²) >= 11 is 12.3. The Morgan fingerprint density at radius 3 is 2.50 bits per heavy atom. The third kappa shape index (κ3) is 3.30. The summed E-state index contributed by atoms with van der Waals surface area (Å²) in [5.74, 6) is 1.16. The van der Waals surface area contributed by atoms with Crippen LogP contribution >= 0.6 is 23.2 Å². The second-order valence-electron chi connectivity index (χ2n) is 4.14. The quantitative estimate of drug-likeness (QED) is 0.873. The molecule has 106 valence electrons. The fourth-order valence-corrected chi connectivity index (χ4v) is 2.35. The van der Waals surface area contributed by atoms with Gasteiger partial charge in [0.25, 0.3) is 0 Å². The third-order valence-electron chi connectivity index (χ3n) is 2.87. The summed E-state index contributed by atoms with van der Waals surface area (Å²) in [7, 11) is 3.15. The summed E-state index contributed by atoms with van der Waals surface area (Å²) in [5.41, 5.74) is 1.85. The lowest BCUT2D eigenvalue weighted by Crippen LogP contribution is -2.02. The van der Waals surface area contributed by atoms with E-state index in [9.17, 15) is 0 Å². The molecule has 5 heteroatoms. The first-order valence-corrected chi connectivity index (χ1v) is 6.80. The van der Waals surface area contributed by atoms with Crippen LogP contribution in [0.4, 0.5) is 5.69 Å². The lowest BCUT2D eigenvalue weighted by molar-refractivity contribution is 0.355. The maximum Gasteiger partial charge on any atom is 0.179 e. The van der Waals surface area contributed by atoms with Gasteiger partial charge >= 0.3 is 0 Å². The van der Waals surface area contributed by atoms with E-state index in [4.69, 9.17) is 32.7 Å². The topological polar surface area (TPSA) is 30.5 Å². The number of methoxy groups -OCH3 is 2. The van der Waals surface area contributed by atoms with Crippen molar-refractivity contribution in [1.29, 1.82) is 0 Å². The normalized spacial score (nSPS) is 10.2. The van der Waals surface area contributed by atoms with Crippen molar-refractivity contribution in [2.75, 3.05) is 19.5 Å². The van der Waals surface area contributed by atoms with Gasteiger partial charge < -0.3 is 14.8 Å². The predicted octanol–water partition coefficient (Wildman–Crippen LogP) is 4.62. The number of benzene rings is 2. The van der Waals surface area contributed by atoms with E-state index in [0.717, 1.165) is 11.3 Å². The van der Waals surface area contributed by atoms with Gasteiger partial charge in [-0.05, 0) is 29.8 Å². The number of ether oxygens (including phenoxy) is 2. The minimum Gasteiger partial charge on any atom is -0.493 e. The molecule has 0 atom stereocenters. The van der Waals surface area contributed by atoms with E-state index >= 15 is 0 Å².